The van der Waals surface area contributed by atoms with Gasteiger partial charge in [-0.1, -0.05) is 12.1 Å². The van der Waals surface area contributed by atoms with E-state index < -0.39 is 0 Å². The van der Waals surface area contributed by atoms with Crippen molar-refractivity contribution in [1.82, 2.24) is 15.3 Å². The number of benzene rings is 1. The number of nitrogens with zero attached hydrogens (tertiary/aromatic N) is 2. The van der Waals surface area contributed by atoms with Gasteiger partial charge in [0.2, 0.25) is 0 Å². The van der Waals surface area contributed by atoms with Gasteiger partial charge in [-0.25, -0.2) is 0 Å². The van der Waals surface area contributed by atoms with Gasteiger partial charge in [0.05, 0.1) is 18.5 Å². The zero-order valence-electron chi connectivity index (χ0n) is 12.5. The Labute approximate surface area is 125 Å². The van der Waals surface area contributed by atoms with Crippen LogP contribution in [0, 0.1) is 6.92 Å². The molecule has 0 atom stereocenters. The molecule has 110 valence electrons. The van der Waals surface area contributed by atoms with E-state index in [1.165, 1.54) is 18.4 Å². The van der Waals surface area contributed by atoms with E-state index >= 15 is 0 Å². The van der Waals surface area contributed by atoms with Crippen molar-refractivity contribution in [2.24, 2.45) is 0 Å². The van der Waals surface area contributed by atoms with E-state index in [0.717, 1.165) is 23.7 Å². The molecule has 21 heavy (non-hydrogen) atoms. The maximum atomic E-state index is 5.19. The molecule has 0 unspecified atom stereocenters. The Kier molecular flexibility index (Phi) is 4.15. The first-order valence-electron chi connectivity index (χ1n) is 7.39. The van der Waals surface area contributed by atoms with Crippen molar-refractivity contribution < 1.29 is 4.74 Å². The standard InChI is InChI=1S/C17H21N3O/c1-12-9-19-16(10-18-12)11-20-15-7-14(8-15)13-3-5-17(21-2)6-4-13/h3-6,9-10,14-15,20H,7-8,11H2,1-2H3. The fraction of sp³-hybridized carbons (Fsp3) is 0.412. The van der Waals surface area contributed by atoms with Gasteiger partial charge < -0.3 is 10.1 Å². The summed E-state index contributed by atoms with van der Waals surface area (Å²) in [4.78, 5) is 8.63. The Morgan fingerprint density at radius 2 is 1.90 bits per heavy atom. The summed E-state index contributed by atoms with van der Waals surface area (Å²) in [5.74, 6) is 1.59. The second-order valence-corrected chi connectivity index (χ2v) is 5.67. The molecule has 1 saturated carbocycles. The highest BCUT2D eigenvalue weighted by Gasteiger charge is 2.29. The van der Waals surface area contributed by atoms with Crippen molar-refractivity contribution in [2.75, 3.05) is 7.11 Å². The molecule has 1 N–H and O–H groups in total. The number of hydrogen-bond donors (Lipinski definition) is 1. The zero-order valence-corrected chi connectivity index (χ0v) is 12.5. The van der Waals surface area contributed by atoms with Gasteiger partial charge in [0.15, 0.2) is 0 Å². The topological polar surface area (TPSA) is 47.0 Å². The summed E-state index contributed by atoms with van der Waals surface area (Å²) >= 11 is 0. The van der Waals surface area contributed by atoms with Crippen molar-refractivity contribution in [2.45, 2.75) is 38.3 Å². The Morgan fingerprint density at radius 1 is 1.14 bits per heavy atom. The minimum atomic E-state index is 0.584. The SMILES string of the molecule is COc1ccc(C2CC(NCc3cnc(C)cn3)C2)cc1. The molecule has 3 rings (SSSR count). The van der Waals surface area contributed by atoms with E-state index in [2.05, 4.69) is 27.4 Å². The number of rotatable bonds is 5. The molecular formula is C17H21N3O. The van der Waals surface area contributed by atoms with Crippen LogP contribution in [0.4, 0.5) is 0 Å². The normalized spacial score (nSPS) is 20.9. The Balaban J connectivity index is 1.46. The van der Waals surface area contributed by atoms with Crippen LogP contribution in [-0.4, -0.2) is 23.1 Å². The molecule has 0 aliphatic heterocycles. The summed E-state index contributed by atoms with van der Waals surface area (Å²) in [7, 11) is 1.70. The largest absolute Gasteiger partial charge is 0.497 e. The number of ether oxygens (including phenoxy) is 1. The van der Waals surface area contributed by atoms with Crippen LogP contribution in [0.2, 0.25) is 0 Å². The monoisotopic (exact) mass is 283 g/mol. The summed E-state index contributed by atoms with van der Waals surface area (Å²) in [5.41, 5.74) is 3.37. The molecule has 1 aromatic carbocycles. The van der Waals surface area contributed by atoms with Crippen molar-refractivity contribution in [3.8, 4) is 5.75 Å². The molecule has 1 aliphatic carbocycles. The highest BCUT2D eigenvalue weighted by molar-refractivity contribution is 5.30. The lowest BCUT2D eigenvalue weighted by Crippen LogP contribution is -2.39. The number of nitrogens with one attached hydrogen (secondary N) is 1. The van der Waals surface area contributed by atoms with Crippen molar-refractivity contribution in [3.05, 3.63) is 53.6 Å². The molecule has 0 radical (unpaired) electrons. The first-order chi connectivity index (χ1) is 10.2. The maximum absolute atomic E-state index is 5.19. The van der Waals surface area contributed by atoms with Gasteiger partial charge in [-0.15, -0.1) is 0 Å². The van der Waals surface area contributed by atoms with E-state index in [1.54, 1.807) is 7.11 Å². The van der Waals surface area contributed by atoms with Gasteiger partial charge in [-0.2, -0.15) is 0 Å². The first kappa shape index (κ1) is 14.0. The van der Waals surface area contributed by atoms with E-state index in [9.17, 15) is 0 Å². The summed E-state index contributed by atoms with van der Waals surface area (Å²) in [5, 5.41) is 3.55. The van der Waals surface area contributed by atoms with Crippen LogP contribution < -0.4 is 10.1 Å². The molecular weight excluding hydrogens is 262 g/mol. The van der Waals surface area contributed by atoms with Crippen LogP contribution in [-0.2, 0) is 6.54 Å². The fourth-order valence-corrected chi connectivity index (χ4v) is 2.69. The highest BCUT2D eigenvalue weighted by atomic mass is 16.5. The Morgan fingerprint density at radius 3 is 2.52 bits per heavy atom. The molecule has 0 saturated heterocycles. The number of hydrogen-bond acceptors (Lipinski definition) is 4. The Hall–Kier alpha value is -1.94. The van der Waals surface area contributed by atoms with Gasteiger partial charge in [-0.05, 0) is 43.4 Å². The third-order valence-electron chi connectivity index (χ3n) is 4.13. The summed E-state index contributed by atoms with van der Waals surface area (Å²) < 4.78 is 5.19. The summed E-state index contributed by atoms with van der Waals surface area (Å²) in [6.45, 7) is 2.75. The molecule has 1 heterocycles. The van der Waals surface area contributed by atoms with Crippen molar-refractivity contribution in [3.63, 3.8) is 0 Å². The van der Waals surface area contributed by atoms with Crippen molar-refractivity contribution in [1.29, 1.82) is 0 Å². The summed E-state index contributed by atoms with van der Waals surface area (Å²) in [6, 6.07) is 9.01. The third-order valence-corrected chi connectivity index (χ3v) is 4.13. The van der Waals surface area contributed by atoms with Gasteiger partial charge in [0.25, 0.3) is 0 Å². The minimum Gasteiger partial charge on any atom is -0.497 e. The van der Waals surface area contributed by atoms with Gasteiger partial charge in [-0.3, -0.25) is 9.97 Å². The molecule has 2 aromatic rings. The van der Waals surface area contributed by atoms with Crippen LogP contribution in [0.5, 0.6) is 5.75 Å². The lowest BCUT2D eigenvalue weighted by Gasteiger charge is -2.36. The molecule has 4 heteroatoms. The quantitative estimate of drug-likeness (QED) is 0.916. The van der Waals surface area contributed by atoms with E-state index in [0.29, 0.717) is 12.0 Å². The third kappa shape index (κ3) is 3.39. The predicted molar refractivity (Wildman–Crippen MR) is 82.4 cm³/mol. The summed E-state index contributed by atoms with van der Waals surface area (Å²) in [6.07, 6.45) is 6.04. The Bertz CT molecular complexity index is 574. The van der Waals surface area contributed by atoms with Crippen LogP contribution in [0.25, 0.3) is 0 Å². The van der Waals surface area contributed by atoms with E-state index in [4.69, 9.17) is 4.74 Å². The van der Waals surface area contributed by atoms with Crippen molar-refractivity contribution >= 4 is 0 Å². The maximum Gasteiger partial charge on any atom is 0.118 e. The molecule has 0 spiro atoms. The average molecular weight is 283 g/mol. The highest BCUT2D eigenvalue weighted by Crippen LogP contribution is 2.37. The first-order valence-corrected chi connectivity index (χ1v) is 7.39. The van der Waals surface area contributed by atoms with E-state index in [-0.39, 0.29) is 0 Å². The predicted octanol–water partition coefficient (Wildman–Crippen LogP) is 2.83. The lowest BCUT2D eigenvalue weighted by molar-refractivity contribution is 0.288. The fourth-order valence-electron chi connectivity index (χ4n) is 2.69. The number of methoxy groups -OCH3 is 1. The number of aryl methyl sites for hydroxylation is 1. The number of aromatic nitrogens is 2. The zero-order chi connectivity index (χ0) is 14.7. The van der Waals surface area contributed by atoms with E-state index in [1.807, 2.05) is 31.5 Å². The lowest BCUT2D eigenvalue weighted by atomic mass is 9.76. The second-order valence-electron chi connectivity index (χ2n) is 5.67. The van der Waals surface area contributed by atoms with Crippen LogP contribution in [0.1, 0.15) is 35.7 Å². The van der Waals surface area contributed by atoms with Crippen LogP contribution in [0.15, 0.2) is 36.7 Å². The van der Waals surface area contributed by atoms with Gasteiger partial charge in [0, 0.05) is 25.0 Å². The smallest absolute Gasteiger partial charge is 0.118 e. The van der Waals surface area contributed by atoms with Crippen LogP contribution in [0.3, 0.4) is 0 Å². The second kappa shape index (κ2) is 6.22. The average Bonchev–Trinajstić information content (AvgIpc) is 2.48. The van der Waals surface area contributed by atoms with Gasteiger partial charge in [0.1, 0.15) is 5.75 Å². The molecule has 4 nitrogen and oxygen atoms in total. The molecule has 1 aromatic heterocycles. The minimum absolute atomic E-state index is 0.584. The van der Waals surface area contributed by atoms with Gasteiger partial charge >= 0.3 is 0 Å². The molecule has 0 amide bonds. The molecule has 1 aliphatic rings. The molecule has 1 fully saturated rings. The van der Waals surface area contributed by atoms with Crippen LogP contribution >= 0.6 is 0 Å². The molecule has 0 bridgehead atoms.